The quantitative estimate of drug-likeness (QED) is 0.120. The maximum Gasteiger partial charge on any atom is 0.257 e. The molecule has 0 spiro atoms. The predicted octanol–water partition coefficient (Wildman–Crippen LogP) is 10.0. The van der Waals surface area contributed by atoms with Crippen LogP contribution in [0.15, 0.2) is 12.4 Å². The second-order valence-electron chi connectivity index (χ2n) is 10.3. The Kier molecular flexibility index (Phi) is 20.1. The van der Waals surface area contributed by atoms with E-state index in [1.54, 1.807) is 0 Å². The molecule has 0 aromatic carbocycles. The Balaban J connectivity index is 2.13. The minimum absolute atomic E-state index is 0.730. The highest BCUT2D eigenvalue weighted by Gasteiger charge is 2.21. The molecule has 2 nitrogen and oxygen atoms in total. The Morgan fingerprint density at radius 2 is 0.938 bits per heavy atom. The van der Waals surface area contributed by atoms with Crippen LogP contribution in [-0.4, -0.2) is 4.98 Å². The molecule has 1 N–H and O–H groups in total. The van der Waals surface area contributed by atoms with E-state index in [4.69, 9.17) is 0 Å². The standard InChI is InChI=1S/C30H58N2/c1-4-7-9-11-13-14-15-16-17-18-20-22-24-26-29(30-31-27-28-32(30)6-3)25-23-21-19-12-10-8-5-2/h27-29H,4-26H2,1-3H3/p+1/t29-/m0/s1. The number of imidazole rings is 1. The number of hydrogen-bond donors (Lipinski definition) is 1. The predicted molar refractivity (Wildman–Crippen MR) is 142 cm³/mol. The molecule has 1 heterocycles. The van der Waals surface area contributed by atoms with Gasteiger partial charge in [-0.15, -0.1) is 0 Å². The summed E-state index contributed by atoms with van der Waals surface area (Å²) in [7, 11) is 0. The van der Waals surface area contributed by atoms with Crippen molar-refractivity contribution in [2.24, 2.45) is 0 Å². The van der Waals surface area contributed by atoms with E-state index in [1.165, 1.54) is 147 Å². The summed E-state index contributed by atoms with van der Waals surface area (Å²) in [5.41, 5.74) is 0. The van der Waals surface area contributed by atoms with Gasteiger partial charge < -0.3 is 0 Å². The second-order valence-corrected chi connectivity index (χ2v) is 10.3. The average Bonchev–Trinajstić information content (AvgIpc) is 3.29. The summed E-state index contributed by atoms with van der Waals surface area (Å²) < 4.78 is 2.44. The van der Waals surface area contributed by atoms with Crippen molar-refractivity contribution in [3.8, 4) is 0 Å². The maximum absolute atomic E-state index is 3.59. The van der Waals surface area contributed by atoms with E-state index in [9.17, 15) is 0 Å². The highest BCUT2D eigenvalue weighted by Crippen LogP contribution is 2.26. The van der Waals surface area contributed by atoms with Crippen molar-refractivity contribution >= 4 is 0 Å². The van der Waals surface area contributed by atoms with Crippen molar-refractivity contribution in [3.05, 3.63) is 18.2 Å². The largest absolute Gasteiger partial charge is 0.257 e. The number of aromatic nitrogens is 2. The summed E-state index contributed by atoms with van der Waals surface area (Å²) in [6, 6.07) is 0. The third-order valence-corrected chi connectivity index (χ3v) is 7.33. The molecule has 1 rings (SSSR count). The molecule has 0 saturated heterocycles. The molecule has 0 aliphatic rings. The molecular weight excluding hydrogens is 388 g/mol. The fourth-order valence-corrected chi connectivity index (χ4v) is 5.18. The van der Waals surface area contributed by atoms with Gasteiger partial charge in [0.1, 0.15) is 12.4 Å². The first-order valence-electron chi connectivity index (χ1n) is 14.9. The monoisotopic (exact) mass is 447 g/mol. The third-order valence-electron chi connectivity index (χ3n) is 7.33. The molecule has 0 aliphatic heterocycles. The number of aryl methyl sites for hydroxylation is 1. The van der Waals surface area contributed by atoms with Crippen molar-refractivity contribution < 1.29 is 4.57 Å². The summed E-state index contributed by atoms with van der Waals surface area (Å²) in [6.45, 7) is 7.97. The van der Waals surface area contributed by atoms with Crippen LogP contribution in [0.4, 0.5) is 0 Å². The molecule has 0 amide bonds. The zero-order valence-electron chi connectivity index (χ0n) is 22.4. The number of nitrogens with zero attached hydrogens (tertiary/aromatic N) is 1. The topological polar surface area (TPSA) is 19.7 Å². The first-order chi connectivity index (χ1) is 15.8. The van der Waals surface area contributed by atoms with Crippen LogP contribution in [0.3, 0.4) is 0 Å². The normalized spacial score (nSPS) is 12.5. The van der Waals surface area contributed by atoms with Crippen LogP contribution in [0.25, 0.3) is 0 Å². The lowest BCUT2D eigenvalue weighted by Gasteiger charge is -2.14. The number of aromatic amines is 1. The maximum atomic E-state index is 3.59. The van der Waals surface area contributed by atoms with Crippen molar-refractivity contribution in [3.63, 3.8) is 0 Å². The zero-order valence-corrected chi connectivity index (χ0v) is 22.4. The second kappa shape index (κ2) is 22.0. The van der Waals surface area contributed by atoms with Crippen molar-refractivity contribution in [2.75, 3.05) is 0 Å². The first-order valence-corrected chi connectivity index (χ1v) is 14.9. The minimum atomic E-state index is 0.730. The Labute approximate surface area is 202 Å². The average molecular weight is 448 g/mol. The Bertz CT molecular complexity index is 493. The first kappa shape index (κ1) is 29.2. The van der Waals surface area contributed by atoms with Gasteiger partial charge in [0.25, 0.3) is 5.82 Å². The lowest BCUT2D eigenvalue weighted by atomic mass is 9.93. The van der Waals surface area contributed by atoms with Crippen LogP contribution >= 0.6 is 0 Å². The van der Waals surface area contributed by atoms with Gasteiger partial charge in [-0.2, -0.15) is 0 Å². The lowest BCUT2D eigenvalue weighted by Crippen LogP contribution is -2.36. The molecule has 2 heteroatoms. The Morgan fingerprint density at radius 1 is 0.562 bits per heavy atom. The molecule has 1 atom stereocenters. The van der Waals surface area contributed by atoms with Crippen LogP contribution in [0.1, 0.15) is 174 Å². The molecule has 0 radical (unpaired) electrons. The number of rotatable bonds is 24. The van der Waals surface area contributed by atoms with Gasteiger partial charge in [0.15, 0.2) is 0 Å². The van der Waals surface area contributed by atoms with Gasteiger partial charge in [0.05, 0.1) is 12.5 Å². The Hall–Kier alpha value is -0.790. The number of unbranched alkanes of at least 4 members (excludes halogenated alkanes) is 18. The SMILES string of the molecule is CCCCCCCCCCCCCCC[C@H](CCCCCCCCC)c1[nH]cc[n+]1CC. The zero-order chi connectivity index (χ0) is 23.1. The van der Waals surface area contributed by atoms with Gasteiger partial charge in [0, 0.05) is 0 Å². The van der Waals surface area contributed by atoms with Crippen LogP contribution < -0.4 is 4.57 Å². The van der Waals surface area contributed by atoms with E-state index in [2.05, 4.69) is 42.7 Å². The summed E-state index contributed by atoms with van der Waals surface area (Å²) in [4.78, 5) is 3.59. The molecule has 32 heavy (non-hydrogen) atoms. The van der Waals surface area contributed by atoms with Crippen LogP contribution in [0, 0.1) is 0 Å². The van der Waals surface area contributed by atoms with Crippen LogP contribution in [0.5, 0.6) is 0 Å². The summed E-state index contributed by atoms with van der Waals surface area (Å²) in [5.74, 6) is 2.21. The lowest BCUT2D eigenvalue weighted by molar-refractivity contribution is -0.701. The van der Waals surface area contributed by atoms with Gasteiger partial charge in [-0.25, -0.2) is 9.55 Å². The molecule has 0 unspecified atom stereocenters. The minimum Gasteiger partial charge on any atom is -0.247 e. The van der Waals surface area contributed by atoms with E-state index in [-0.39, 0.29) is 0 Å². The molecule has 0 bridgehead atoms. The summed E-state index contributed by atoms with van der Waals surface area (Å²) in [6.07, 6.45) is 35.8. The van der Waals surface area contributed by atoms with Gasteiger partial charge >= 0.3 is 0 Å². The highest BCUT2D eigenvalue weighted by molar-refractivity contribution is 4.90. The number of hydrogen-bond acceptors (Lipinski definition) is 0. The molecule has 0 fully saturated rings. The molecule has 0 aliphatic carbocycles. The van der Waals surface area contributed by atoms with Crippen molar-refractivity contribution in [1.82, 2.24) is 4.98 Å². The third kappa shape index (κ3) is 15.1. The van der Waals surface area contributed by atoms with Gasteiger partial charge in [0.2, 0.25) is 0 Å². The van der Waals surface area contributed by atoms with Gasteiger partial charge in [-0.3, -0.25) is 0 Å². The number of nitrogens with one attached hydrogen (secondary N) is 1. The fraction of sp³-hybridized carbons (Fsp3) is 0.900. The molecule has 1 aromatic rings. The van der Waals surface area contributed by atoms with E-state index >= 15 is 0 Å². The summed E-state index contributed by atoms with van der Waals surface area (Å²) >= 11 is 0. The van der Waals surface area contributed by atoms with E-state index in [0.717, 1.165) is 12.5 Å². The van der Waals surface area contributed by atoms with E-state index < -0.39 is 0 Å². The van der Waals surface area contributed by atoms with Gasteiger partial charge in [-0.05, 0) is 19.8 Å². The van der Waals surface area contributed by atoms with Crippen LogP contribution in [0.2, 0.25) is 0 Å². The fourth-order valence-electron chi connectivity index (χ4n) is 5.18. The Morgan fingerprint density at radius 3 is 1.31 bits per heavy atom. The molecule has 1 aromatic heterocycles. The van der Waals surface area contributed by atoms with Crippen molar-refractivity contribution in [2.45, 2.75) is 174 Å². The van der Waals surface area contributed by atoms with E-state index in [1.807, 2.05) is 0 Å². The smallest absolute Gasteiger partial charge is 0.247 e. The number of H-pyrrole nitrogens is 1. The van der Waals surface area contributed by atoms with E-state index in [0.29, 0.717) is 0 Å². The van der Waals surface area contributed by atoms with Crippen molar-refractivity contribution in [1.29, 1.82) is 0 Å². The highest BCUT2D eigenvalue weighted by atomic mass is 15.1. The van der Waals surface area contributed by atoms with Crippen LogP contribution in [-0.2, 0) is 6.54 Å². The molecule has 0 saturated carbocycles. The molecule has 188 valence electrons. The summed E-state index contributed by atoms with van der Waals surface area (Å²) in [5, 5.41) is 0. The van der Waals surface area contributed by atoms with Gasteiger partial charge in [-0.1, -0.05) is 142 Å². The molecular formula is C30H59N2+.